The van der Waals surface area contributed by atoms with Crippen molar-refractivity contribution in [3.63, 3.8) is 0 Å². The van der Waals surface area contributed by atoms with Crippen LogP contribution in [0.15, 0.2) is 54.9 Å². The Morgan fingerprint density at radius 3 is 2.67 bits per heavy atom. The van der Waals surface area contributed by atoms with Gasteiger partial charge in [0.2, 0.25) is 0 Å². The second-order valence-electron chi connectivity index (χ2n) is 8.77. The number of nitrogens with zero attached hydrogens (tertiary/aromatic N) is 6. The van der Waals surface area contributed by atoms with Crippen LogP contribution in [0.5, 0.6) is 0 Å². The zero-order valence-corrected chi connectivity index (χ0v) is 20.5. The van der Waals surface area contributed by atoms with Crippen molar-refractivity contribution >= 4 is 17.4 Å². The third-order valence-electron chi connectivity index (χ3n) is 6.09. The van der Waals surface area contributed by atoms with Gasteiger partial charge >= 0.3 is 6.18 Å². The molecule has 2 N–H and O–H groups in total. The molecule has 4 heterocycles. The number of pyridine rings is 1. The van der Waals surface area contributed by atoms with Gasteiger partial charge in [-0.25, -0.2) is 14.5 Å². The molecule has 1 aliphatic heterocycles. The number of piperazine rings is 1. The van der Waals surface area contributed by atoms with Crippen LogP contribution in [0.25, 0.3) is 5.65 Å². The molecule has 1 aliphatic rings. The second kappa shape index (κ2) is 10.9. The number of fused-ring (bicyclic) bond motifs is 1. The number of rotatable bonds is 4. The van der Waals surface area contributed by atoms with Gasteiger partial charge in [0.1, 0.15) is 17.6 Å². The number of nitriles is 1. The van der Waals surface area contributed by atoms with E-state index < -0.39 is 17.6 Å². The number of imidazole rings is 1. The predicted octanol–water partition coefficient (Wildman–Crippen LogP) is 3.07. The molecule has 0 unspecified atom stereocenters. The summed E-state index contributed by atoms with van der Waals surface area (Å²) in [6.45, 7) is 2.89. The Labute approximate surface area is 221 Å². The van der Waals surface area contributed by atoms with Crippen LogP contribution in [0.1, 0.15) is 38.4 Å². The first-order valence-corrected chi connectivity index (χ1v) is 12.0. The van der Waals surface area contributed by atoms with Crippen molar-refractivity contribution in [3.05, 3.63) is 88.5 Å². The number of aromatic nitrogens is 4. The lowest BCUT2D eigenvalue weighted by atomic mass is 10.0. The summed E-state index contributed by atoms with van der Waals surface area (Å²) in [6.07, 6.45) is -1.66. The van der Waals surface area contributed by atoms with Gasteiger partial charge in [0.15, 0.2) is 11.3 Å². The van der Waals surface area contributed by atoms with Gasteiger partial charge in [-0.3, -0.25) is 9.69 Å². The largest absolute Gasteiger partial charge is 0.416 e. The van der Waals surface area contributed by atoms with E-state index in [0.717, 1.165) is 19.2 Å². The van der Waals surface area contributed by atoms with Crippen molar-refractivity contribution in [2.45, 2.75) is 12.7 Å². The van der Waals surface area contributed by atoms with Gasteiger partial charge in [-0.15, -0.1) is 0 Å². The van der Waals surface area contributed by atoms with E-state index in [-0.39, 0.29) is 29.2 Å². The first-order chi connectivity index (χ1) is 18.8. The smallest absolute Gasteiger partial charge is 0.314 e. The summed E-state index contributed by atoms with van der Waals surface area (Å²) in [5.74, 6) is 5.25. The van der Waals surface area contributed by atoms with Gasteiger partial charge in [0.25, 0.3) is 5.91 Å². The van der Waals surface area contributed by atoms with E-state index in [4.69, 9.17) is 5.26 Å². The Bertz CT molecular complexity index is 1640. The summed E-state index contributed by atoms with van der Waals surface area (Å²) >= 11 is 0. The van der Waals surface area contributed by atoms with Crippen LogP contribution >= 0.6 is 0 Å². The molecule has 0 radical (unpaired) electrons. The number of amides is 1. The fourth-order valence-electron chi connectivity index (χ4n) is 4.15. The Hall–Kier alpha value is -4.78. The molecule has 0 atom stereocenters. The number of hydrogen-bond donors (Lipinski definition) is 2. The number of carbonyl (C=O) groups is 1. The average molecular weight is 531 g/mol. The summed E-state index contributed by atoms with van der Waals surface area (Å²) in [7, 11) is 0. The lowest BCUT2D eigenvalue weighted by Crippen LogP contribution is -2.43. The highest BCUT2D eigenvalue weighted by atomic mass is 19.4. The lowest BCUT2D eigenvalue weighted by molar-refractivity contribution is -0.138. The minimum atomic E-state index is -4.60. The molecule has 0 aliphatic carbocycles. The number of nitrogens with one attached hydrogen (secondary N) is 2. The van der Waals surface area contributed by atoms with Crippen LogP contribution in [0, 0.1) is 23.2 Å². The molecule has 5 rings (SSSR count). The Balaban J connectivity index is 1.34. The number of carbonyl (C=O) groups excluding carboxylic acids is 1. The molecule has 1 fully saturated rings. The first kappa shape index (κ1) is 25.9. The highest BCUT2D eigenvalue weighted by molar-refractivity contribution is 6.04. The Kier molecular flexibility index (Phi) is 7.23. The minimum Gasteiger partial charge on any atom is -0.314 e. The van der Waals surface area contributed by atoms with Crippen molar-refractivity contribution in [1.82, 2.24) is 29.8 Å². The van der Waals surface area contributed by atoms with Crippen molar-refractivity contribution in [3.8, 4) is 17.9 Å². The van der Waals surface area contributed by atoms with Crippen LogP contribution < -0.4 is 10.6 Å². The monoisotopic (exact) mass is 530 g/mol. The molecule has 4 aromatic rings. The molecule has 39 heavy (non-hydrogen) atoms. The number of anilines is 1. The molecule has 1 amide bonds. The van der Waals surface area contributed by atoms with Crippen LogP contribution in [0.2, 0.25) is 0 Å². The van der Waals surface area contributed by atoms with E-state index >= 15 is 0 Å². The van der Waals surface area contributed by atoms with E-state index in [1.165, 1.54) is 35.1 Å². The van der Waals surface area contributed by atoms with Gasteiger partial charge in [-0.2, -0.15) is 23.5 Å². The molecule has 1 aromatic carbocycles. The van der Waals surface area contributed by atoms with E-state index in [1.807, 2.05) is 11.0 Å². The van der Waals surface area contributed by atoms with Crippen molar-refractivity contribution in [1.29, 1.82) is 5.26 Å². The van der Waals surface area contributed by atoms with Crippen molar-refractivity contribution < 1.29 is 18.0 Å². The van der Waals surface area contributed by atoms with Crippen molar-refractivity contribution in [2.75, 3.05) is 31.5 Å². The molecule has 0 saturated carbocycles. The standard InChI is InChI=1S/C27H21F3N8O/c28-27(29,30)23-14-19(2-3-20(23)17-37-11-9-32-10-12-37)26(39)35-24-13-18(7-8-33-24)1-5-22-16-34-25-6-4-21(15-31)36-38(22)25/h2-4,6-8,13-14,16,32H,9-12,17H2,(H,33,35,39). The van der Waals surface area contributed by atoms with E-state index in [2.05, 4.69) is 37.5 Å². The van der Waals surface area contributed by atoms with E-state index in [1.54, 1.807) is 18.2 Å². The summed E-state index contributed by atoms with van der Waals surface area (Å²) in [5, 5.41) is 18.9. The molecule has 12 heteroatoms. The maximum Gasteiger partial charge on any atom is 0.416 e. The third kappa shape index (κ3) is 6.04. The molecule has 3 aromatic heterocycles. The zero-order chi connectivity index (χ0) is 27.4. The molecule has 1 saturated heterocycles. The predicted molar refractivity (Wildman–Crippen MR) is 135 cm³/mol. The fourth-order valence-corrected chi connectivity index (χ4v) is 4.15. The third-order valence-corrected chi connectivity index (χ3v) is 6.09. The van der Waals surface area contributed by atoms with Gasteiger partial charge in [0.05, 0.1) is 11.8 Å². The lowest BCUT2D eigenvalue weighted by Gasteiger charge is -2.28. The Morgan fingerprint density at radius 2 is 1.90 bits per heavy atom. The molecule has 196 valence electrons. The van der Waals surface area contributed by atoms with Gasteiger partial charge in [-0.1, -0.05) is 12.0 Å². The second-order valence-corrected chi connectivity index (χ2v) is 8.77. The number of benzene rings is 1. The summed E-state index contributed by atoms with van der Waals surface area (Å²) in [6, 6.07) is 11.9. The van der Waals surface area contributed by atoms with E-state index in [0.29, 0.717) is 30.0 Å². The molecule has 9 nitrogen and oxygen atoms in total. The van der Waals surface area contributed by atoms with Crippen LogP contribution in [-0.2, 0) is 12.7 Å². The zero-order valence-electron chi connectivity index (χ0n) is 20.5. The maximum absolute atomic E-state index is 13.9. The highest BCUT2D eigenvalue weighted by Crippen LogP contribution is 2.33. The summed E-state index contributed by atoms with van der Waals surface area (Å²) in [5.41, 5.74) is 0.845. The van der Waals surface area contributed by atoms with Crippen LogP contribution in [0.3, 0.4) is 0 Å². The molecule has 0 spiro atoms. The van der Waals surface area contributed by atoms with Gasteiger partial charge in [0, 0.05) is 50.0 Å². The fraction of sp³-hybridized carbons (Fsp3) is 0.222. The molecular formula is C27H21F3N8O. The first-order valence-electron chi connectivity index (χ1n) is 12.0. The molecular weight excluding hydrogens is 509 g/mol. The van der Waals surface area contributed by atoms with Crippen LogP contribution in [0.4, 0.5) is 19.0 Å². The normalized spacial score (nSPS) is 13.9. The van der Waals surface area contributed by atoms with Gasteiger partial charge in [-0.05, 0) is 47.9 Å². The average Bonchev–Trinajstić information content (AvgIpc) is 3.34. The minimum absolute atomic E-state index is 0.125. The summed E-state index contributed by atoms with van der Waals surface area (Å²) in [4.78, 5) is 23.1. The topological polar surface area (TPSA) is 111 Å². The quantitative estimate of drug-likeness (QED) is 0.390. The highest BCUT2D eigenvalue weighted by Gasteiger charge is 2.34. The van der Waals surface area contributed by atoms with E-state index in [9.17, 15) is 18.0 Å². The Morgan fingerprint density at radius 1 is 1.08 bits per heavy atom. The van der Waals surface area contributed by atoms with Crippen LogP contribution in [-0.4, -0.2) is 56.6 Å². The summed E-state index contributed by atoms with van der Waals surface area (Å²) < 4.78 is 43.0. The number of alkyl halides is 3. The maximum atomic E-state index is 13.9. The SMILES string of the molecule is N#Cc1ccc2ncc(C#Cc3ccnc(NC(=O)c4ccc(CN5CCNCC5)c(C(F)(F)F)c4)c3)n2n1. The van der Waals surface area contributed by atoms with Gasteiger partial charge < -0.3 is 10.6 Å². The number of hydrogen-bond acceptors (Lipinski definition) is 7. The van der Waals surface area contributed by atoms with Crippen molar-refractivity contribution in [2.24, 2.45) is 0 Å². The molecule has 0 bridgehead atoms. The number of halogens is 3.